The summed E-state index contributed by atoms with van der Waals surface area (Å²) in [7, 11) is 0. The second kappa shape index (κ2) is 6.56. The zero-order chi connectivity index (χ0) is 14.7. The van der Waals surface area contributed by atoms with Crippen LogP contribution in [0, 0.1) is 6.92 Å². The number of anilines is 1. The molecule has 1 aromatic rings. The quantitative estimate of drug-likeness (QED) is 0.802. The minimum absolute atomic E-state index is 0.0574. The molecular formula is C16H23N3O2. The van der Waals surface area contributed by atoms with Gasteiger partial charge >= 0.3 is 0 Å². The van der Waals surface area contributed by atoms with Crippen LogP contribution in [0.3, 0.4) is 0 Å². The molecule has 1 unspecified atom stereocenters. The highest BCUT2D eigenvalue weighted by atomic mass is 16.5. The van der Waals surface area contributed by atoms with Crippen LogP contribution in [0.25, 0.3) is 0 Å². The Balaban J connectivity index is 1.49. The summed E-state index contributed by atoms with van der Waals surface area (Å²) in [6.45, 7) is 7.68. The lowest BCUT2D eigenvalue weighted by Crippen LogP contribution is -2.38. The van der Waals surface area contributed by atoms with Crippen molar-refractivity contribution in [1.82, 2.24) is 10.2 Å². The largest absolute Gasteiger partial charge is 0.379 e. The van der Waals surface area contributed by atoms with Crippen LogP contribution >= 0.6 is 0 Å². The van der Waals surface area contributed by atoms with E-state index in [0.717, 1.165) is 57.1 Å². The van der Waals surface area contributed by atoms with Crippen LogP contribution in [0.2, 0.25) is 0 Å². The van der Waals surface area contributed by atoms with Gasteiger partial charge in [-0.2, -0.15) is 0 Å². The van der Waals surface area contributed by atoms with E-state index in [1.54, 1.807) is 0 Å². The number of ether oxygens (including phenoxy) is 1. The molecular weight excluding hydrogens is 266 g/mol. The van der Waals surface area contributed by atoms with Crippen LogP contribution in [0.15, 0.2) is 18.2 Å². The van der Waals surface area contributed by atoms with Crippen molar-refractivity contribution in [3.8, 4) is 0 Å². The van der Waals surface area contributed by atoms with Gasteiger partial charge in [-0.15, -0.1) is 0 Å². The van der Waals surface area contributed by atoms with Crippen LogP contribution in [0.4, 0.5) is 5.69 Å². The highest BCUT2D eigenvalue weighted by Crippen LogP contribution is 2.31. The second-order valence-corrected chi connectivity index (χ2v) is 5.77. The highest BCUT2D eigenvalue weighted by molar-refractivity contribution is 6.02. The van der Waals surface area contributed by atoms with E-state index in [9.17, 15) is 4.79 Å². The SMILES string of the molecule is Cc1ccc2c(c1)C(NCCCN1CCOCC1)C(=O)N2. The van der Waals surface area contributed by atoms with Crippen molar-refractivity contribution in [1.29, 1.82) is 0 Å². The lowest BCUT2D eigenvalue weighted by Gasteiger charge is -2.26. The van der Waals surface area contributed by atoms with Crippen LogP contribution in [0.1, 0.15) is 23.6 Å². The number of benzene rings is 1. The third-order valence-electron chi connectivity index (χ3n) is 4.14. The molecule has 1 aromatic carbocycles. The molecule has 5 heteroatoms. The third kappa shape index (κ3) is 3.43. The van der Waals surface area contributed by atoms with Gasteiger partial charge in [-0.25, -0.2) is 0 Å². The number of hydrogen-bond acceptors (Lipinski definition) is 4. The first-order chi connectivity index (χ1) is 10.2. The predicted molar refractivity (Wildman–Crippen MR) is 82.4 cm³/mol. The van der Waals surface area contributed by atoms with E-state index in [2.05, 4.69) is 28.5 Å². The van der Waals surface area contributed by atoms with Gasteiger partial charge in [0.2, 0.25) is 5.91 Å². The molecule has 0 radical (unpaired) electrons. The number of morpholine rings is 1. The molecule has 0 saturated carbocycles. The van der Waals surface area contributed by atoms with Crippen molar-refractivity contribution in [3.63, 3.8) is 0 Å². The fourth-order valence-electron chi connectivity index (χ4n) is 2.96. The number of amides is 1. The lowest BCUT2D eigenvalue weighted by atomic mass is 10.1. The molecule has 1 saturated heterocycles. The highest BCUT2D eigenvalue weighted by Gasteiger charge is 2.29. The van der Waals surface area contributed by atoms with Gasteiger partial charge in [-0.05, 0) is 32.5 Å². The van der Waals surface area contributed by atoms with E-state index < -0.39 is 0 Å². The Bertz CT molecular complexity index is 512. The molecule has 1 atom stereocenters. The maximum absolute atomic E-state index is 12.0. The Labute approximate surface area is 125 Å². The molecule has 2 aliphatic heterocycles. The molecule has 0 spiro atoms. The second-order valence-electron chi connectivity index (χ2n) is 5.77. The molecule has 114 valence electrons. The fourth-order valence-corrected chi connectivity index (χ4v) is 2.96. The average molecular weight is 289 g/mol. The number of nitrogens with one attached hydrogen (secondary N) is 2. The number of aryl methyl sites for hydroxylation is 1. The lowest BCUT2D eigenvalue weighted by molar-refractivity contribution is -0.117. The van der Waals surface area contributed by atoms with E-state index >= 15 is 0 Å². The Morgan fingerprint density at radius 3 is 3.00 bits per heavy atom. The van der Waals surface area contributed by atoms with Crippen LogP contribution < -0.4 is 10.6 Å². The maximum Gasteiger partial charge on any atom is 0.246 e. The molecule has 2 N–H and O–H groups in total. The summed E-state index contributed by atoms with van der Waals surface area (Å²) in [6.07, 6.45) is 1.05. The molecule has 1 fully saturated rings. The average Bonchev–Trinajstić information content (AvgIpc) is 2.80. The first-order valence-electron chi connectivity index (χ1n) is 7.69. The molecule has 21 heavy (non-hydrogen) atoms. The number of nitrogens with zero attached hydrogens (tertiary/aromatic N) is 1. The van der Waals surface area contributed by atoms with Crippen LogP contribution in [0.5, 0.6) is 0 Å². The maximum atomic E-state index is 12.0. The van der Waals surface area contributed by atoms with E-state index in [0.29, 0.717) is 0 Å². The van der Waals surface area contributed by atoms with Gasteiger partial charge in [0.1, 0.15) is 6.04 Å². The van der Waals surface area contributed by atoms with Gasteiger partial charge in [-0.3, -0.25) is 9.69 Å². The molecule has 0 bridgehead atoms. The van der Waals surface area contributed by atoms with Crippen LogP contribution in [-0.2, 0) is 9.53 Å². The fraction of sp³-hybridized carbons (Fsp3) is 0.562. The van der Waals surface area contributed by atoms with Gasteiger partial charge in [0, 0.05) is 24.3 Å². The van der Waals surface area contributed by atoms with Crippen molar-refractivity contribution in [2.75, 3.05) is 44.7 Å². The molecule has 2 aliphatic rings. The zero-order valence-corrected chi connectivity index (χ0v) is 12.5. The van der Waals surface area contributed by atoms with Crippen molar-refractivity contribution in [3.05, 3.63) is 29.3 Å². The molecule has 2 heterocycles. The van der Waals surface area contributed by atoms with E-state index in [1.165, 1.54) is 5.56 Å². The van der Waals surface area contributed by atoms with E-state index in [4.69, 9.17) is 4.74 Å². The minimum Gasteiger partial charge on any atom is -0.379 e. The summed E-state index contributed by atoms with van der Waals surface area (Å²) >= 11 is 0. The topological polar surface area (TPSA) is 53.6 Å². The molecule has 3 rings (SSSR count). The van der Waals surface area contributed by atoms with Gasteiger partial charge in [0.25, 0.3) is 0 Å². The Hall–Kier alpha value is -1.43. The number of fused-ring (bicyclic) bond motifs is 1. The first-order valence-corrected chi connectivity index (χ1v) is 7.69. The molecule has 5 nitrogen and oxygen atoms in total. The van der Waals surface area contributed by atoms with Crippen molar-refractivity contribution < 1.29 is 9.53 Å². The van der Waals surface area contributed by atoms with Gasteiger partial charge in [-0.1, -0.05) is 17.7 Å². The number of rotatable bonds is 5. The summed E-state index contributed by atoms with van der Waals surface area (Å²) in [4.78, 5) is 14.5. The number of hydrogen-bond donors (Lipinski definition) is 2. The molecule has 0 aromatic heterocycles. The Morgan fingerprint density at radius 1 is 1.38 bits per heavy atom. The standard InChI is InChI=1S/C16H23N3O2/c1-12-3-4-14-13(11-12)15(16(20)18-14)17-5-2-6-19-7-9-21-10-8-19/h3-4,11,15,17H,2,5-10H2,1H3,(H,18,20). The van der Waals surface area contributed by atoms with Gasteiger partial charge in [0.15, 0.2) is 0 Å². The predicted octanol–water partition coefficient (Wildman–Crippen LogP) is 1.30. The molecule has 0 aliphatic carbocycles. The van der Waals surface area contributed by atoms with Crippen molar-refractivity contribution in [2.45, 2.75) is 19.4 Å². The van der Waals surface area contributed by atoms with Gasteiger partial charge < -0.3 is 15.4 Å². The van der Waals surface area contributed by atoms with Crippen molar-refractivity contribution in [2.24, 2.45) is 0 Å². The van der Waals surface area contributed by atoms with E-state index in [1.807, 2.05) is 12.1 Å². The Morgan fingerprint density at radius 2 is 2.19 bits per heavy atom. The smallest absolute Gasteiger partial charge is 0.246 e. The van der Waals surface area contributed by atoms with Crippen molar-refractivity contribution >= 4 is 11.6 Å². The monoisotopic (exact) mass is 289 g/mol. The normalized spacial score (nSPS) is 22.1. The summed E-state index contributed by atoms with van der Waals surface area (Å²) < 4.78 is 5.34. The molecule has 1 amide bonds. The first kappa shape index (κ1) is 14.5. The van der Waals surface area contributed by atoms with Gasteiger partial charge in [0.05, 0.1) is 13.2 Å². The van der Waals surface area contributed by atoms with Crippen LogP contribution in [-0.4, -0.2) is 50.2 Å². The minimum atomic E-state index is -0.204. The third-order valence-corrected chi connectivity index (χ3v) is 4.14. The summed E-state index contributed by atoms with van der Waals surface area (Å²) in [5, 5.41) is 6.32. The summed E-state index contributed by atoms with van der Waals surface area (Å²) in [5.41, 5.74) is 3.20. The Kier molecular flexibility index (Phi) is 4.53. The number of carbonyl (C=O) groups excluding carboxylic acids is 1. The summed E-state index contributed by atoms with van der Waals surface area (Å²) in [6, 6.07) is 5.90. The summed E-state index contributed by atoms with van der Waals surface area (Å²) in [5.74, 6) is 0.0574. The zero-order valence-electron chi connectivity index (χ0n) is 12.5. The van der Waals surface area contributed by atoms with E-state index in [-0.39, 0.29) is 11.9 Å². The number of carbonyl (C=O) groups is 1.